The largest absolute Gasteiger partial charge is 0.463 e. The monoisotopic (exact) mass is 464 g/mol. The van der Waals surface area contributed by atoms with Crippen LogP contribution in [0.2, 0.25) is 0 Å². The van der Waals surface area contributed by atoms with Crippen LogP contribution in [0.15, 0.2) is 78.4 Å². The van der Waals surface area contributed by atoms with Crippen molar-refractivity contribution in [3.05, 3.63) is 95.5 Å². The predicted octanol–water partition coefficient (Wildman–Crippen LogP) is 3.04. The zero-order valence-electron chi connectivity index (χ0n) is 18.2. The number of rotatable bonds is 7. The summed E-state index contributed by atoms with van der Waals surface area (Å²) >= 11 is 0. The molecule has 0 saturated carbocycles. The first-order valence-corrected chi connectivity index (χ1v) is 10.5. The van der Waals surface area contributed by atoms with E-state index in [9.17, 15) is 18.8 Å². The third kappa shape index (κ3) is 4.80. The molecule has 34 heavy (non-hydrogen) atoms. The number of ether oxygens (including phenoxy) is 2. The molecule has 0 fully saturated rings. The smallest absolute Gasteiger partial charge is 0.357 e. The van der Waals surface area contributed by atoms with Crippen LogP contribution in [-0.4, -0.2) is 40.7 Å². The maximum atomic E-state index is 13.3. The minimum atomic E-state index is -0.785. The third-order valence-corrected chi connectivity index (χ3v) is 5.08. The molecule has 2 heterocycles. The summed E-state index contributed by atoms with van der Waals surface area (Å²) in [5.74, 6) is -1.81. The van der Waals surface area contributed by atoms with Gasteiger partial charge in [0.05, 0.1) is 36.4 Å². The van der Waals surface area contributed by atoms with Gasteiger partial charge in [0, 0.05) is 5.69 Å². The molecular formula is C24H21FN4O5. The van der Waals surface area contributed by atoms with Crippen LogP contribution >= 0.6 is 0 Å². The van der Waals surface area contributed by atoms with Gasteiger partial charge in [0.15, 0.2) is 5.69 Å². The van der Waals surface area contributed by atoms with E-state index in [1.165, 1.54) is 41.4 Å². The molecule has 0 bridgehead atoms. The van der Waals surface area contributed by atoms with Crippen molar-refractivity contribution < 1.29 is 28.2 Å². The molecule has 2 amide bonds. The number of imidazole rings is 1. The van der Waals surface area contributed by atoms with Crippen LogP contribution in [0.3, 0.4) is 0 Å². The lowest BCUT2D eigenvalue weighted by Gasteiger charge is -2.29. The van der Waals surface area contributed by atoms with Crippen molar-refractivity contribution >= 4 is 18.0 Å². The molecule has 1 aliphatic heterocycles. The highest BCUT2D eigenvalue weighted by Gasteiger charge is 2.34. The van der Waals surface area contributed by atoms with E-state index in [2.05, 4.69) is 15.6 Å². The van der Waals surface area contributed by atoms with Gasteiger partial charge in [-0.05, 0) is 36.8 Å². The van der Waals surface area contributed by atoms with Crippen LogP contribution < -0.4 is 10.6 Å². The van der Waals surface area contributed by atoms with Crippen LogP contribution in [0.25, 0.3) is 5.69 Å². The number of nitrogens with zero attached hydrogens (tertiary/aromatic N) is 2. The molecule has 10 heteroatoms. The number of aromatic nitrogens is 2. The van der Waals surface area contributed by atoms with Gasteiger partial charge in [0.2, 0.25) is 0 Å². The van der Waals surface area contributed by atoms with Crippen LogP contribution in [0.1, 0.15) is 29.0 Å². The first-order chi connectivity index (χ1) is 16.5. The van der Waals surface area contributed by atoms with Gasteiger partial charge in [-0.2, -0.15) is 0 Å². The number of hydrogen-bond donors (Lipinski definition) is 2. The summed E-state index contributed by atoms with van der Waals surface area (Å²) in [4.78, 5) is 41.9. The number of benzene rings is 2. The molecule has 1 aromatic heterocycles. The fourth-order valence-electron chi connectivity index (χ4n) is 3.54. The molecular weight excluding hydrogens is 443 g/mol. The Morgan fingerprint density at radius 3 is 2.50 bits per heavy atom. The number of hydrogen-bond acceptors (Lipinski definition) is 6. The molecule has 0 aliphatic carbocycles. The lowest BCUT2D eigenvalue weighted by atomic mass is 9.95. The van der Waals surface area contributed by atoms with Crippen LogP contribution in [-0.2, 0) is 14.3 Å². The zero-order chi connectivity index (χ0) is 24.1. The maximum Gasteiger partial charge on any atom is 0.357 e. The normalized spacial score (nSPS) is 15.4. The number of urea groups is 1. The number of halogens is 1. The second-order valence-electron chi connectivity index (χ2n) is 7.26. The Balaban J connectivity index is 1.61. The summed E-state index contributed by atoms with van der Waals surface area (Å²) in [7, 11) is 0. The minimum Gasteiger partial charge on any atom is -0.463 e. The molecule has 1 unspecified atom stereocenters. The van der Waals surface area contributed by atoms with E-state index < -0.39 is 36.4 Å². The second-order valence-corrected chi connectivity index (χ2v) is 7.26. The topological polar surface area (TPSA) is 112 Å². The molecule has 0 saturated heterocycles. The van der Waals surface area contributed by atoms with Crippen LogP contribution in [0.4, 0.5) is 9.18 Å². The molecule has 3 aromatic rings. The van der Waals surface area contributed by atoms with Crippen LogP contribution in [0.5, 0.6) is 0 Å². The average molecular weight is 464 g/mol. The highest BCUT2D eigenvalue weighted by molar-refractivity contribution is 5.95. The van der Waals surface area contributed by atoms with Crippen molar-refractivity contribution in [1.82, 2.24) is 20.2 Å². The molecule has 174 valence electrons. The SMILES string of the molecule is CCOC(=O)C1=C(COC(=O)c2cncn2-c2ccc(F)cc2)NC(=O)NC1c1ccccc1. The van der Waals surface area contributed by atoms with Gasteiger partial charge >= 0.3 is 18.0 Å². The lowest BCUT2D eigenvalue weighted by molar-refractivity contribution is -0.139. The summed E-state index contributed by atoms with van der Waals surface area (Å²) in [5.41, 5.74) is 1.50. The summed E-state index contributed by atoms with van der Waals surface area (Å²) in [6.07, 6.45) is 2.70. The Morgan fingerprint density at radius 1 is 1.06 bits per heavy atom. The van der Waals surface area contributed by atoms with E-state index in [1.54, 1.807) is 31.2 Å². The van der Waals surface area contributed by atoms with Crippen molar-refractivity contribution in [1.29, 1.82) is 0 Å². The van der Waals surface area contributed by atoms with Crippen molar-refractivity contribution in [3.63, 3.8) is 0 Å². The summed E-state index contributed by atoms with van der Waals surface area (Å²) in [6.45, 7) is 1.40. The van der Waals surface area contributed by atoms with Crippen molar-refractivity contribution in [3.8, 4) is 5.69 Å². The van der Waals surface area contributed by atoms with E-state index >= 15 is 0 Å². The fourth-order valence-corrected chi connectivity index (χ4v) is 3.54. The zero-order valence-corrected chi connectivity index (χ0v) is 18.2. The van der Waals surface area contributed by atoms with Gasteiger partial charge in [-0.3, -0.25) is 4.57 Å². The average Bonchev–Trinajstić information content (AvgIpc) is 3.33. The Kier molecular flexibility index (Phi) is 6.67. The van der Waals surface area contributed by atoms with E-state index in [0.29, 0.717) is 11.3 Å². The van der Waals surface area contributed by atoms with Crippen molar-refractivity contribution in [2.45, 2.75) is 13.0 Å². The van der Waals surface area contributed by atoms with Gasteiger partial charge < -0.3 is 20.1 Å². The number of esters is 2. The number of carbonyl (C=O) groups excluding carboxylic acids is 3. The summed E-state index contributed by atoms with van der Waals surface area (Å²) < 4.78 is 25.3. The summed E-state index contributed by atoms with van der Waals surface area (Å²) in [6, 6.07) is 13.1. The highest BCUT2D eigenvalue weighted by Crippen LogP contribution is 2.28. The van der Waals surface area contributed by atoms with E-state index in [1.807, 2.05) is 6.07 Å². The molecule has 2 aromatic carbocycles. The van der Waals surface area contributed by atoms with Gasteiger partial charge in [0.1, 0.15) is 12.4 Å². The van der Waals surface area contributed by atoms with Crippen molar-refractivity contribution in [2.24, 2.45) is 0 Å². The predicted molar refractivity (Wildman–Crippen MR) is 118 cm³/mol. The molecule has 0 radical (unpaired) electrons. The molecule has 1 atom stereocenters. The minimum absolute atomic E-state index is 0.0877. The first-order valence-electron chi connectivity index (χ1n) is 10.5. The van der Waals surface area contributed by atoms with Gasteiger partial charge in [0.25, 0.3) is 0 Å². The van der Waals surface area contributed by atoms with Gasteiger partial charge in [-0.1, -0.05) is 30.3 Å². The highest BCUT2D eigenvalue weighted by atomic mass is 19.1. The first kappa shape index (κ1) is 22.7. The van der Waals surface area contributed by atoms with Gasteiger partial charge in [-0.15, -0.1) is 0 Å². The quantitative estimate of drug-likeness (QED) is 0.520. The van der Waals surface area contributed by atoms with Crippen molar-refractivity contribution in [2.75, 3.05) is 13.2 Å². The molecule has 0 spiro atoms. The Bertz CT molecular complexity index is 1240. The molecule has 1 aliphatic rings. The number of nitrogens with one attached hydrogen (secondary N) is 2. The Labute approximate surface area is 194 Å². The van der Waals surface area contributed by atoms with Gasteiger partial charge in [-0.25, -0.2) is 23.8 Å². The standard InChI is InChI=1S/C24H21FN4O5/c1-2-33-23(31)20-18(27-24(32)28-21(20)15-6-4-3-5-7-15)13-34-22(30)19-12-26-14-29(19)17-10-8-16(25)9-11-17/h3-12,14,21H,2,13H2,1H3,(H2,27,28,32). The lowest BCUT2D eigenvalue weighted by Crippen LogP contribution is -2.47. The molecule has 2 N–H and O–H groups in total. The van der Waals surface area contributed by atoms with E-state index in [0.717, 1.165) is 0 Å². The van der Waals surface area contributed by atoms with Crippen LogP contribution in [0, 0.1) is 5.82 Å². The molecule has 4 rings (SSSR count). The number of carbonyl (C=O) groups is 3. The summed E-state index contributed by atoms with van der Waals surface area (Å²) in [5, 5.41) is 5.25. The second kappa shape index (κ2) is 9.99. The number of amides is 2. The fraction of sp³-hybridized carbons (Fsp3) is 0.167. The Morgan fingerprint density at radius 2 is 1.79 bits per heavy atom. The van der Waals surface area contributed by atoms with E-state index in [4.69, 9.17) is 9.47 Å². The maximum absolute atomic E-state index is 13.3. The Hall–Kier alpha value is -4.47. The third-order valence-electron chi connectivity index (χ3n) is 5.08. The van der Waals surface area contributed by atoms with E-state index in [-0.39, 0.29) is 23.6 Å². The molecule has 9 nitrogen and oxygen atoms in total.